The van der Waals surface area contributed by atoms with E-state index in [0.717, 1.165) is 17.0 Å². The van der Waals surface area contributed by atoms with E-state index in [9.17, 15) is 5.11 Å². The summed E-state index contributed by atoms with van der Waals surface area (Å²) in [7, 11) is 1.95. The number of aliphatic hydroxyl groups is 1. The van der Waals surface area contributed by atoms with Gasteiger partial charge < -0.3 is 20.7 Å². The van der Waals surface area contributed by atoms with Gasteiger partial charge >= 0.3 is 0 Å². The van der Waals surface area contributed by atoms with Gasteiger partial charge in [-0.3, -0.25) is 0 Å². The van der Waals surface area contributed by atoms with Crippen molar-refractivity contribution in [3.05, 3.63) is 24.3 Å². The molecule has 0 aliphatic heterocycles. The number of anilines is 1. The van der Waals surface area contributed by atoms with Crippen molar-refractivity contribution in [2.45, 2.75) is 19.1 Å². The molecule has 4 N–H and O–H groups in total. The van der Waals surface area contributed by atoms with Gasteiger partial charge in [0.15, 0.2) is 0 Å². The number of aromatic nitrogens is 2. The number of nitrogens with zero attached hydrogens (tertiary/aromatic N) is 2. The summed E-state index contributed by atoms with van der Waals surface area (Å²) < 4.78 is 1.98. The molecule has 5 nitrogen and oxygen atoms in total. The Bertz CT molecular complexity index is 506. The van der Waals surface area contributed by atoms with Crippen LogP contribution >= 0.6 is 0 Å². The summed E-state index contributed by atoms with van der Waals surface area (Å²) in [5.74, 6) is 0.766. The van der Waals surface area contributed by atoms with E-state index < -0.39 is 6.10 Å². The fourth-order valence-electron chi connectivity index (χ4n) is 1.68. The summed E-state index contributed by atoms with van der Waals surface area (Å²) in [4.78, 5) is 4.46. The van der Waals surface area contributed by atoms with Crippen LogP contribution in [-0.4, -0.2) is 33.3 Å². The highest BCUT2D eigenvalue weighted by molar-refractivity contribution is 5.78. The molecule has 0 aliphatic rings. The maximum absolute atomic E-state index is 9.32. The van der Waals surface area contributed by atoms with Gasteiger partial charge in [-0.15, -0.1) is 0 Å². The quantitative estimate of drug-likeness (QED) is 0.727. The molecule has 0 spiro atoms. The predicted octanol–water partition coefficient (Wildman–Crippen LogP) is 0.693. The molecule has 0 saturated heterocycles. The van der Waals surface area contributed by atoms with Gasteiger partial charge in [0.05, 0.1) is 17.1 Å². The van der Waals surface area contributed by atoms with Crippen LogP contribution in [0.5, 0.6) is 0 Å². The number of nitrogens with one attached hydrogen (secondary N) is 1. The standard InChI is InChI=1S/C12H18N4O/c1-8(17)9(13)7-14-12-15-10-5-3-4-6-11(10)16(12)2/h3-6,8-9,17H,7,13H2,1-2H3,(H,14,15). The first-order valence-electron chi connectivity index (χ1n) is 5.68. The lowest BCUT2D eigenvalue weighted by molar-refractivity contribution is 0.168. The molecule has 1 aromatic carbocycles. The van der Waals surface area contributed by atoms with Crippen molar-refractivity contribution in [1.82, 2.24) is 9.55 Å². The first-order valence-corrected chi connectivity index (χ1v) is 5.68. The second-order valence-corrected chi connectivity index (χ2v) is 4.27. The number of fused-ring (bicyclic) bond motifs is 1. The Morgan fingerprint density at radius 1 is 1.47 bits per heavy atom. The van der Waals surface area contributed by atoms with Crippen LogP contribution in [0.15, 0.2) is 24.3 Å². The molecule has 2 atom stereocenters. The van der Waals surface area contributed by atoms with Crippen LogP contribution in [-0.2, 0) is 7.05 Å². The highest BCUT2D eigenvalue weighted by Crippen LogP contribution is 2.17. The zero-order valence-electron chi connectivity index (χ0n) is 10.1. The number of nitrogens with two attached hydrogens (primary N) is 1. The third kappa shape index (κ3) is 2.40. The summed E-state index contributed by atoms with van der Waals surface area (Å²) in [5.41, 5.74) is 7.78. The minimum Gasteiger partial charge on any atom is -0.392 e. The van der Waals surface area contributed by atoms with Gasteiger partial charge in [0.25, 0.3) is 0 Å². The Morgan fingerprint density at radius 2 is 2.18 bits per heavy atom. The summed E-state index contributed by atoms with van der Waals surface area (Å²) >= 11 is 0. The number of hydrogen-bond acceptors (Lipinski definition) is 4. The summed E-state index contributed by atoms with van der Waals surface area (Å²) in [6.45, 7) is 2.18. The molecule has 17 heavy (non-hydrogen) atoms. The van der Waals surface area contributed by atoms with E-state index >= 15 is 0 Å². The molecule has 0 saturated carbocycles. The molecule has 0 amide bonds. The molecule has 2 unspecified atom stereocenters. The Hall–Kier alpha value is -1.59. The minimum atomic E-state index is -0.530. The van der Waals surface area contributed by atoms with Crippen molar-refractivity contribution < 1.29 is 5.11 Å². The van der Waals surface area contributed by atoms with E-state index in [4.69, 9.17) is 5.73 Å². The van der Waals surface area contributed by atoms with Crippen LogP contribution in [0.25, 0.3) is 11.0 Å². The van der Waals surface area contributed by atoms with Crippen molar-refractivity contribution in [2.24, 2.45) is 12.8 Å². The van der Waals surface area contributed by atoms with Gasteiger partial charge in [0, 0.05) is 19.6 Å². The Morgan fingerprint density at radius 3 is 2.82 bits per heavy atom. The van der Waals surface area contributed by atoms with Crippen LogP contribution in [0.4, 0.5) is 5.95 Å². The van der Waals surface area contributed by atoms with Crippen molar-refractivity contribution in [1.29, 1.82) is 0 Å². The van der Waals surface area contributed by atoms with Gasteiger partial charge in [-0.05, 0) is 19.1 Å². The maximum Gasteiger partial charge on any atom is 0.203 e. The fourth-order valence-corrected chi connectivity index (χ4v) is 1.68. The number of aliphatic hydroxyl groups excluding tert-OH is 1. The van der Waals surface area contributed by atoms with Gasteiger partial charge in [0.1, 0.15) is 0 Å². The van der Waals surface area contributed by atoms with E-state index in [-0.39, 0.29) is 6.04 Å². The predicted molar refractivity (Wildman–Crippen MR) is 68.9 cm³/mol. The first-order chi connectivity index (χ1) is 8.09. The molecular formula is C12H18N4O. The molecule has 2 aromatic rings. The first kappa shape index (κ1) is 11.9. The normalized spacial score (nSPS) is 14.8. The lowest BCUT2D eigenvalue weighted by Gasteiger charge is -2.15. The van der Waals surface area contributed by atoms with Crippen LogP contribution in [0.1, 0.15) is 6.92 Å². The molecule has 0 aliphatic carbocycles. The largest absolute Gasteiger partial charge is 0.392 e. The molecule has 92 valence electrons. The molecule has 1 heterocycles. The van der Waals surface area contributed by atoms with E-state index in [1.165, 1.54) is 0 Å². The highest BCUT2D eigenvalue weighted by Gasteiger charge is 2.11. The number of aryl methyl sites for hydroxylation is 1. The maximum atomic E-state index is 9.32. The van der Waals surface area contributed by atoms with E-state index in [1.807, 2.05) is 35.9 Å². The Labute approximate surface area is 100 Å². The zero-order valence-corrected chi connectivity index (χ0v) is 10.1. The Balaban J connectivity index is 2.16. The van der Waals surface area contributed by atoms with Gasteiger partial charge in [0.2, 0.25) is 5.95 Å². The van der Waals surface area contributed by atoms with Crippen molar-refractivity contribution in [2.75, 3.05) is 11.9 Å². The second kappa shape index (κ2) is 4.73. The van der Waals surface area contributed by atoms with Crippen LogP contribution in [0.3, 0.4) is 0 Å². The molecular weight excluding hydrogens is 216 g/mol. The lowest BCUT2D eigenvalue weighted by atomic mass is 10.2. The van der Waals surface area contributed by atoms with Gasteiger partial charge in [-0.25, -0.2) is 4.98 Å². The molecule has 1 aromatic heterocycles. The van der Waals surface area contributed by atoms with Gasteiger partial charge in [-0.2, -0.15) is 0 Å². The van der Waals surface area contributed by atoms with Crippen molar-refractivity contribution >= 4 is 17.0 Å². The second-order valence-electron chi connectivity index (χ2n) is 4.27. The number of benzene rings is 1. The monoisotopic (exact) mass is 234 g/mol. The molecule has 2 rings (SSSR count). The molecule has 0 bridgehead atoms. The number of rotatable bonds is 4. The lowest BCUT2D eigenvalue weighted by Crippen LogP contribution is -2.39. The third-order valence-electron chi connectivity index (χ3n) is 2.90. The number of imidazole rings is 1. The van der Waals surface area contributed by atoms with Crippen LogP contribution in [0, 0.1) is 0 Å². The van der Waals surface area contributed by atoms with Crippen molar-refractivity contribution in [3.63, 3.8) is 0 Å². The number of para-hydroxylation sites is 2. The zero-order chi connectivity index (χ0) is 12.4. The van der Waals surface area contributed by atoms with E-state index in [2.05, 4.69) is 10.3 Å². The molecule has 5 heteroatoms. The molecule has 0 radical (unpaired) electrons. The average molecular weight is 234 g/mol. The van der Waals surface area contributed by atoms with E-state index in [0.29, 0.717) is 6.54 Å². The fraction of sp³-hybridized carbons (Fsp3) is 0.417. The van der Waals surface area contributed by atoms with Crippen LogP contribution in [0.2, 0.25) is 0 Å². The third-order valence-corrected chi connectivity index (χ3v) is 2.90. The highest BCUT2D eigenvalue weighted by atomic mass is 16.3. The Kier molecular flexibility index (Phi) is 3.31. The van der Waals surface area contributed by atoms with Crippen LogP contribution < -0.4 is 11.1 Å². The number of hydrogen-bond donors (Lipinski definition) is 3. The minimum absolute atomic E-state index is 0.296. The SMILES string of the molecule is CC(O)C(N)CNc1nc2ccccc2n1C. The van der Waals surface area contributed by atoms with E-state index in [1.54, 1.807) is 6.92 Å². The average Bonchev–Trinajstić information content (AvgIpc) is 2.64. The molecule has 0 fully saturated rings. The van der Waals surface area contributed by atoms with Gasteiger partial charge in [-0.1, -0.05) is 12.1 Å². The van der Waals surface area contributed by atoms with Crippen molar-refractivity contribution in [3.8, 4) is 0 Å². The summed E-state index contributed by atoms with van der Waals surface area (Å²) in [6, 6.07) is 7.63. The summed E-state index contributed by atoms with van der Waals surface area (Å²) in [5, 5.41) is 12.5. The topological polar surface area (TPSA) is 76.1 Å². The summed E-state index contributed by atoms with van der Waals surface area (Å²) in [6.07, 6.45) is -0.530. The smallest absolute Gasteiger partial charge is 0.203 e.